The molecule has 0 fully saturated rings. The van der Waals surface area contributed by atoms with Crippen LogP contribution < -0.4 is 0 Å². The zero-order chi connectivity index (χ0) is 50.4. The SMILES string of the molecule is C=C/C=C(\C=C)c1ccc(Cc2cc3c(c4ccccc24)-c2ccc(C(C)C(C)c4ccc(C=C)c(/C(C=C)=C(\C)C=C)c4)cc2C3(C)C)c(-c2cc(C3=CCCC=C3)ccc2C)c1.Cc1ccccc1. The van der Waals surface area contributed by atoms with Crippen LogP contribution in [0.2, 0.25) is 0 Å². The van der Waals surface area contributed by atoms with Gasteiger partial charge in [0.05, 0.1) is 0 Å². The Bertz CT molecular complexity index is 3330. The normalized spacial score (nSPS) is 14.7. The molecule has 0 radical (unpaired) electrons. The molecule has 2 unspecified atom stereocenters. The lowest BCUT2D eigenvalue weighted by Gasteiger charge is -2.26. The van der Waals surface area contributed by atoms with E-state index in [0.29, 0.717) is 0 Å². The fraction of sp³-hybridized carbons (Fsp3) is 0.183. The van der Waals surface area contributed by atoms with Crippen molar-refractivity contribution in [1.82, 2.24) is 0 Å². The van der Waals surface area contributed by atoms with Crippen LogP contribution in [0.15, 0.2) is 221 Å². The summed E-state index contributed by atoms with van der Waals surface area (Å²) in [6, 6.07) is 49.9. The standard InChI is InChI=1S/C64H62.C7H8/c1-12-22-45(14-3)50-31-32-52(60(38-50)58-37-51(28-27-42(58)7)47-23-18-17-19-24-47)35-53-40-62-63(56-26-21-20-25-55(53)56)57-34-33-49(39-61(57)64(62,10)11)44(9)43(8)48-30-29-46(15-4)59(36-48)54(16-5)41(6)13-2;1-7-5-3-2-4-6-7/h12-16,18,20-34,36-40,43-44H,1-5,17,19,35H2,6-11H3;2-6H,1H3/b45-22+,54-41+;. The largest absolute Gasteiger partial charge is 0.0990 e. The highest BCUT2D eigenvalue weighted by Gasteiger charge is 2.38. The third-order valence-corrected chi connectivity index (χ3v) is 15.3. The van der Waals surface area contributed by atoms with Gasteiger partial charge in [-0.25, -0.2) is 0 Å². The summed E-state index contributed by atoms with van der Waals surface area (Å²) in [5.74, 6) is 0.564. The molecule has 0 heteroatoms. The molecular formula is C71H70. The number of rotatable bonds is 14. The van der Waals surface area contributed by atoms with Gasteiger partial charge in [-0.2, -0.15) is 0 Å². The lowest BCUT2D eigenvalue weighted by Crippen LogP contribution is -2.16. The van der Waals surface area contributed by atoms with Gasteiger partial charge in [0.2, 0.25) is 0 Å². The molecule has 0 spiro atoms. The average molecular weight is 923 g/mol. The molecule has 9 rings (SSSR count). The van der Waals surface area contributed by atoms with Crippen LogP contribution in [0.1, 0.15) is 126 Å². The van der Waals surface area contributed by atoms with Crippen LogP contribution >= 0.6 is 0 Å². The summed E-state index contributed by atoms with van der Waals surface area (Å²) >= 11 is 0. The summed E-state index contributed by atoms with van der Waals surface area (Å²) in [5, 5.41) is 2.63. The molecule has 0 amide bonds. The van der Waals surface area contributed by atoms with Crippen molar-refractivity contribution in [3.63, 3.8) is 0 Å². The topological polar surface area (TPSA) is 0 Å². The van der Waals surface area contributed by atoms with Crippen molar-refractivity contribution >= 4 is 33.6 Å². The van der Waals surface area contributed by atoms with E-state index < -0.39 is 0 Å². The van der Waals surface area contributed by atoms with Gasteiger partial charge in [0.25, 0.3) is 0 Å². The van der Waals surface area contributed by atoms with Crippen molar-refractivity contribution in [3.05, 3.63) is 287 Å². The van der Waals surface area contributed by atoms with Gasteiger partial charge < -0.3 is 0 Å². The first kappa shape index (κ1) is 49.9. The van der Waals surface area contributed by atoms with Crippen LogP contribution in [-0.4, -0.2) is 0 Å². The fourth-order valence-electron chi connectivity index (χ4n) is 10.8. The van der Waals surface area contributed by atoms with Gasteiger partial charge >= 0.3 is 0 Å². The fourth-order valence-corrected chi connectivity index (χ4v) is 10.8. The van der Waals surface area contributed by atoms with Crippen LogP contribution in [0.3, 0.4) is 0 Å². The minimum absolute atomic E-state index is 0.194. The third kappa shape index (κ3) is 10.1. The molecule has 0 aromatic heterocycles. The number of benzene rings is 7. The van der Waals surface area contributed by atoms with Crippen molar-refractivity contribution in [3.8, 4) is 22.3 Å². The first-order chi connectivity index (χ1) is 34.3. The third-order valence-electron chi connectivity index (χ3n) is 15.3. The van der Waals surface area contributed by atoms with Gasteiger partial charge in [-0.05, 0) is 181 Å². The average Bonchev–Trinajstić information content (AvgIpc) is 3.63. The smallest absolute Gasteiger partial charge is 0.0159 e. The Kier molecular flexibility index (Phi) is 15.2. The van der Waals surface area contributed by atoms with Crippen molar-refractivity contribution in [1.29, 1.82) is 0 Å². The minimum Gasteiger partial charge on any atom is -0.0990 e. The molecule has 0 saturated heterocycles. The second kappa shape index (κ2) is 21.6. The first-order valence-electron chi connectivity index (χ1n) is 25.3. The summed E-state index contributed by atoms with van der Waals surface area (Å²) in [4.78, 5) is 0. The Labute approximate surface area is 425 Å². The van der Waals surface area contributed by atoms with Gasteiger partial charge in [0, 0.05) is 5.41 Å². The molecule has 0 nitrogen and oxygen atoms in total. The zero-order valence-electron chi connectivity index (χ0n) is 43.2. The lowest BCUT2D eigenvalue weighted by atomic mass is 9.78. The van der Waals surface area contributed by atoms with Crippen LogP contribution in [0.5, 0.6) is 0 Å². The highest BCUT2D eigenvalue weighted by molar-refractivity contribution is 6.04. The number of allylic oxidation sites excluding steroid dienone is 12. The van der Waals surface area contributed by atoms with E-state index in [9.17, 15) is 0 Å². The van der Waals surface area contributed by atoms with Crippen molar-refractivity contribution in [2.75, 3.05) is 0 Å². The zero-order valence-corrected chi connectivity index (χ0v) is 43.2. The molecule has 0 saturated carbocycles. The summed E-state index contributed by atoms with van der Waals surface area (Å²) in [5.41, 5.74) is 25.0. The predicted octanol–water partition coefficient (Wildman–Crippen LogP) is 19.9. The highest BCUT2D eigenvalue weighted by Crippen LogP contribution is 2.53. The Balaban J connectivity index is 0.000000889. The molecule has 2 atom stereocenters. The summed E-state index contributed by atoms with van der Waals surface area (Å²) < 4.78 is 0. The molecule has 0 heterocycles. The van der Waals surface area contributed by atoms with Crippen molar-refractivity contribution < 1.29 is 0 Å². The molecule has 2 aliphatic rings. The minimum atomic E-state index is -0.194. The highest BCUT2D eigenvalue weighted by atomic mass is 14.4. The molecule has 7 aromatic carbocycles. The molecule has 0 N–H and O–H groups in total. The molecule has 354 valence electrons. The maximum Gasteiger partial charge on any atom is 0.0159 e. The van der Waals surface area contributed by atoms with E-state index in [-0.39, 0.29) is 17.3 Å². The van der Waals surface area contributed by atoms with E-state index in [4.69, 9.17) is 0 Å². The van der Waals surface area contributed by atoms with E-state index in [1.54, 1.807) is 0 Å². The van der Waals surface area contributed by atoms with Crippen LogP contribution in [0.4, 0.5) is 0 Å². The van der Waals surface area contributed by atoms with E-state index in [0.717, 1.165) is 52.7 Å². The van der Waals surface area contributed by atoms with Crippen molar-refractivity contribution in [2.24, 2.45) is 0 Å². The maximum absolute atomic E-state index is 4.16. The second-order valence-corrected chi connectivity index (χ2v) is 20.0. The quantitative estimate of drug-likeness (QED) is 0.0954. The van der Waals surface area contributed by atoms with E-state index in [1.807, 2.05) is 54.7 Å². The molecule has 2 aliphatic carbocycles. The summed E-state index contributed by atoms with van der Waals surface area (Å²) in [6.45, 7) is 36.5. The predicted molar refractivity (Wildman–Crippen MR) is 313 cm³/mol. The summed E-state index contributed by atoms with van der Waals surface area (Å²) in [7, 11) is 0. The van der Waals surface area contributed by atoms with E-state index >= 15 is 0 Å². The monoisotopic (exact) mass is 923 g/mol. The first-order valence-corrected chi connectivity index (χ1v) is 25.3. The van der Waals surface area contributed by atoms with Crippen LogP contribution in [-0.2, 0) is 11.8 Å². The number of hydrogen-bond acceptors (Lipinski definition) is 0. The Hall–Kier alpha value is -7.54. The Morgan fingerprint density at radius 3 is 2.00 bits per heavy atom. The van der Waals surface area contributed by atoms with Gasteiger partial charge in [-0.15, -0.1) is 0 Å². The number of aryl methyl sites for hydroxylation is 2. The van der Waals surface area contributed by atoms with Gasteiger partial charge in [-0.3, -0.25) is 0 Å². The second-order valence-electron chi connectivity index (χ2n) is 20.0. The van der Waals surface area contributed by atoms with Crippen LogP contribution in [0, 0.1) is 13.8 Å². The molecule has 0 aliphatic heterocycles. The Morgan fingerprint density at radius 2 is 1.35 bits per heavy atom. The van der Waals surface area contributed by atoms with Gasteiger partial charge in [-0.1, -0.05) is 242 Å². The van der Waals surface area contributed by atoms with Gasteiger partial charge in [0.15, 0.2) is 0 Å². The molecule has 0 bridgehead atoms. The van der Waals surface area contributed by atoms with Crippen LogP contribution in [0.25, 0.3) is 55.8 Å². The number of fused-ring (bicyclic) bond motifs is 5. The van der Waals surface area contributed by atoms with E-state index in [1.165, 1.54) is 88.7 Å². The van der Waals surface area contributed by atoms with Gasteiger partial charge in [0.1, 0.15) is 0 Å². The molecule has 71 heavy (non-hydrogen) atoms. The lowest BCUT2D eigenvalue weighted by molar-refractivity contribution is 0.616. The van der Waals surface area contributed by atoms with Crippen molar-refractivity contribution in [2.45, 2.75) is 85.0 Å². The Morgan fingerprint density at radius 1 is 0.634 bits per heavy atom. The molecular weight excluding hydrogens is 853 g/mol. The van der Waals surface area contributed by atoms with E-state index in [2.05, 4.69) is 215 Å². The maximum atomic E-state index is 4.16. The molecule has 7 aromatic rings. The number of hydrogen-bond donors (Lipinski definition) is 0. The summed E-state index contributed by atoms with van der Waals surface area (Å²) in [6.07, 6.45) is 21.5.